The molecule has 2 atom stereocenters. The highest BCUT2D eigenvalue weighted by Crippen LogP contribution is 2.20. The Morgan fingerprint density at radius 3 is 2.76 bits per heavy atom. The third kappa shape index (κ3) is 3.82. The molecule has 1 saturated heterocycles. The largest absolute Gasteiger partial charge is 0.369 e. The number of carbonyl (C=O) groups is 2. The summed E-state index contributed by atoms with van der Waals surface area (Å²) in [5.74, 6) is -0.238. The lowest BCUT2D eigenvalue weighted by Crippen LogP contribution is -2.47. The van der Waals surface area contributed by atoms with Crippen LogP contribution in [0.5, 0.6) is 0 Å². The van der Waals surface area contributed by atoms with Gasteiger partial charge in [-0.2, -0.15) is 0 Å². The topological polar surface area (TPSA) is 58.6 Å². The number of para-hydroxylation sites is 1. The van der Waals surface area contributed by atoms with Crippen molar-refractivity contribution in [2.45, 2.75) is 38.8 Å². The molecule has 5 heteroatoms. The van der Waals surface area contributed by atoms with Crippen molar-refractivity contribution < 1.29 is 14.3 Å². The van der Waals surface area contributed by atoms with Crippen LogP contribution in [0.1, 0.15) is 26.7 Å². The third-order valence-electron chi connectivity index (χ3n) is 3.64. The second-order valence-electron chi connectivity index (χ2n) is 5.14. The van der Waals surface area contributed by atoms with Crippen molar-refractivity contribution in [2.24, 2.45) is 0 Å². The number of nitrogens with zero attached hydrogens (tertiary/aromatic N) is 1. The van der Waals surface area contributed by atoms with E-state index in [-0.39, 0.29) is 11.8 Å². The highest BCUT2D eigenvalue weighted by atomic mass is 16.5. The van der Waals surface area contributed by atoms with Crippen molar-refractivity contribution in [2.75, 3.05) is 18.5 Å². The smallest absolute Gasteiger partial charge is 0.252 e. The number of nitrogens with one attached hydrogen (secondary N) is 1. The standard InChI is InChI=1S/C16H22N2O3/c1-3-21-12(2)16(20)18-11-7-10-14(18)15(19)17-13-8-5-4-6-9-13/h4-6,8-9,12,14H,3,7,10-11H2,1-2H3,(H,17,19)/t12-,14+/m1/s1. The fraction of sp³-hybridized carbons (Fsp3) is 0.500. The minimum atomic E-state index is -0.500. The monoisotopic (exact) mass is 290 g/mol. The zero-order valence-electron chi connectivity index (χ0n) is 12.5. The number of likely N-dealkylation sites (tertiary alicyclic amines) is 1. The van der Waals surface area contributed by atoms with Gasteiger partial charge in [0, 0.05) is 18.8 Å². The van der Waals surface area contributed by atoms with Crippen LogP contribution in [-0.2, 0) is 14.3 Å². The molecule has 5 nitrogen and oxygen atoms in total. The number of ether oxygens (including phenoxy) is 1. The van der Waals surface area contributed by atoms with Gasteiger partial charge in [-0.05, 0) is 38.8 Å². The summed E-state index contributed by atoms with van der Waals surface area (Å²) in [5, 5.41) is 2.87. The molecule has 2 amide bonds. The first-order chi connectivity index (χ1) is 10.1. The van der Waals surface area contributed by atoms with Crippen LogP contribution in [0.4, 0.5) is 5.69 Å². The first-order valence-electron chi connectivity index (χ1n) is 7.41. The number of rotatable bonds is 5. The van der Waals surface area contributed by atoms with Gasteiger partial charge in [-0.3, -0.25) is 9.59 Å². The number of anilines is 1. The predicted molar refractivity (Wildman–Crippen MR) is 80.9 cm³/mol. The summed E-state index contributed by atoms with van der Waals surface area (Å²) in [6.45, 7) is 4.69. The van der Waals surface area contributed by atoms with Gasteiger partial charge >= 0.3 is 0 Å². The summed E-state index contributed by atoms with van der Waals surface area (Å²) >= 11 is 0. The fourth-order valence-corrected chi connectivity index (χ4v) is 2.60. The summed E-state index contributed by atoms with van der Waals surface area (Å²) in [7, 11) is 0. The van der Waals surface area contributed by atoms with Crippen molar-refractivity contribution in [3.05, 3.63) is 30.3 Å². The molecular weight excluding hydrogens is 268 g/mol. The molecule has 1 aromatic carbocycles. The molecule has 114 valence electrons. The molecule has 0 saturated carbocycles. The number of benzene rings is 1. The Hall–Kier alpha value is -1.88. The number of amides is 2. The van der Waals surface area contributed by atoms with Crippen LogP contribution in [0, 0.1) is 0 Å². The Kier molecular flexibility index (Phi) is 5.33. The summed E-state index contributed by atoms with van der Waals surface area (Å²) in [5.41, 5.74) is 0.750. The summed E-state index contributed by atoms with van der Waals surface area (Å²) in [6.07, 6.45) is 1.04. The van der Waals surface area contributed by atoms with Crippen molar-refractivity contribution in [1.29, 1.82) is 0 Å². The predicted octanol–water partition coefficient (Wildman–Crippen LogP) is 2.04. The summed E-state index contributed by atoms with van der Waals surface area (Å²) in [4.78, 5) is 26.3. The number of carbonyl (C=O) groups excluding carboxylic acids is 2. The van der Waals surface area contributed by atoms with Gasteiger partial charge in [-0.15, -0.1) is 0 Å². The zero-order valence-corrected chi connectivity index (χ0v) is 12.5. The first-order valence-corrected chi connectivity index (χ1v) is 7.41. The maximum absolute atomic E-state index is 12.4. The molecule has 1 aliphatic heterocycles. The molecule has 1 fully saturated rings. The Morgan fingerprint density at radius 2 is 2.10 bits per heavy atom. The minimum absolute atomic E-state index is 0.109. The summed E-state index contributed by atoms with van der Waals surface area (Å²) in [6, 6.07) is 8.89. The fourth-order valence-electron chi connectivity index (χ4n) is 2.60. The molecule has 1 aromatic rings. The SMILES string of the molecule is CCO[C@H](C)C(=O)N1CCC[C@H]1C(=O)Nc1ccccc1. The third-order valence-corrected chi connectivity index (χ3v) is 3.64. The van der Waals surface area contributed by atoms with Gasteiger partial charge < -0.3 is 15.0 Å². The Balaban J connectivity index is 2.01. The van der Waals surface area contributed by atoms with Crippen LogP contribution in [0.3, 0.4) is 0 Å². The van der Waals surface area contributed by atoms with Crippen molar-refractivity contribution in [1.82, 2.24) is 4.90 Å². The Bertz CT molecular complexity index is 490. The van der Waals surface area contributed by atoms with Gasteiger partial charge in [-0.1, -0.05) is 18.2 Å². The van der Waals surface area contributed by atoms with E-state index >= 15 is 0 Å². The molecule has 0 bridgehead atoms. The van der Waals surface area contributed by atoms with Gasteiger partial charge in [0.25, 0.3) is 5.91 Å². The van der Waals surface area contributed by atoms with Crippen molar-refractivity contribution >= 4 is 17.5 Å². The normalized spacial score (nSPS) is 19.3. The van der Waals surface area contributed by atoms with Crippen molar-refractivity contribution in [3.8, 4) is 0 Å². The zero-order chi connectivity index (χ0) is 15.2. The van der Waals surface area contributed by atoms with Gasteiger partial charge in [-0.25, -0.2) is 0 Å². The first kappa shape index (κ1) is 15.5. The van der Waals surface area contributed by atoms with E-state index in [9.17, 15) is 9.59 Å². The maximum Gasteiger partial charge on any atom is 0.252 e. The van der Waals surface area contributed by atoms with Crippen LogP contribution in [0.2, 0.25) is 0 Å². The van der Waals surface area contributed by atoms with Crippen molar-refractivity contribution in [3.63, 3.8) is 0 Å². The van der Waals surface area contributed by atoms with Crippen LogP contribution >= 0.6 is 0 Å². The molecule has 0 spiro atoms. The summed E-state index contributed by atoms with van der Waals surface area (Å²) < 4.78 is 5.34. The Morgan fingerprint density at radius 1 is 1.38 bits per heavy atom. The second kappa shape index (κ2) is 7.22. The van der Waals surface area contributed by atoms with Gasteiger partial charge in [0.05, 0.1) is 0 Å². The molecule has 1 N–H and O–H groups in total. The Labute approximate surface area is 125 Å². The number of hydrogen-bond acceptors (Lipinski definition) is 3. The second-order valence-corrected chi connectivity index (χ2v) is 5.14. The van der Waals surface area contributed by atoms with E-state index in [0.29, 0.717) is 19.6 Å². The van der Waals surface area contributed by atoms with Gasteiger partial charge in [0.2, 0.25) is 5.91 Å². The molecule has 2 rings (SSSR count). The maximum atomic E-state index is 12.4. The van der Waals surface area contributed by atoms with Gasteiger partial charge in [0.1, 0.15) is 12.1 Å². The van der Waals surface area contributed by atoms with E-state index < -0.39 is 12.1 Å². The molecular formula is C16H22N2O3. The van der Waals surface area contributed by atoms with E-state index in [2.05, 4.69) is 5.32 Å². The van der Waals surface area contributed by atoms with E-state index in [4.69, 9.17) is 4.74 Å². The van der Waals surface area contributed by atoms with E-state index in [1.165, 1.54) is 0 Å². The van der Waals surface area contributed by atoms with E-state index in [1.54, 1.807) is 11.8 Å². The minimum Gasteiger partial charge on any atom is -0.369 e. The average Bonchev–Trinajstić information content (AvgIpc) is 2.97. The molecule has 1 aliphatic rings. The molecule has 21 heavy (non-hydrogen) atoms. The van der Waals surface area contributed by atoms with Crippen LogP contribution in [-0.4, -0.2) is 42.0 Å². The molecule has 0 aromatic heterocycles. The van der Waals surface area contributed by atoms with Gasteiger partial charge in [0.15, 0.2) is 0 Å². The highest BCUT2D eigenvalue weighted by Gasteiger charge is 2.36. The molecule has 0 radical (unpaired) electrons. The van der Waals surface area contributed by atoms with E-state index in [0.717, 1.165) is 12.1 Å². The lowest BCUT2D eigenvalue weighted by atomic mass is 10.2. The lowest BCUT2D eigenvalue weighted by Gasteiger charge is -2.26. The quantitative estimate of drug-likeness (QED) is 0.903. The van der Waals surface area contributed by atoms with Crippen LogP contribution < -0.4 is 5.32 Å². The average molecular weight is 290 g/mol. The lowest BCUT2D eigenvalue weighted by molar-refractivity contribution is -0.145. The molecule has 0 aliphatic carbocycles. The van der Waals surface area contributed by atoms with Crippen LogP contribution in [0.25, 0.3) is 0 Å². The molecule has 0 unspecified atom stereocenters. The van der Waals surface area contributed by atoms with Crippen LogP contribution in [0.15, 0.2) is 30.3 Å². The molecule has 1 heterocycles. The highest BCUT2D eigenvalue weighted by molar-refractivity contribution is 5.98. The number of hydrogen-bond donors (Lipinski definition) is 1. The van der Waals surface area contributed by atoms with E-state index in [1.807, 2.05) is 37.3 Å².